The molecule has 0 saturated carbocycles. The summed E-state index contributed by atoms with van der Waals surface area (Å²) in [5, 5.41) is 15.3. The molecule has 0 spiro atoms. The van der Waals surface area contributed by atoms with Crippen LogP contribution in [0.2, 0.25) is 0 Å². The first-order chi connectivity index (χ1) is 9.25. The minimum Gasteiger partial charge on any atom is -0.491 e. The van der Waals surface area contributed by atoms with Crippen molar-refractivity contribution in [2.24, 2.45) is 0 Å². The number of para-hydroxylation sites is 1. The van der Waals surface area contributed by atoms with Crippen molar-refractivity contribution < 1.29 is 4.74 Å². The maximum Gasteiger partial charge on any atom is 0.165 e. The van der Waals surface area contributed by atoms with Crippen LogP contribution in [-0.2, 0) is 6.54 Å². The third kappa shape index (κ3) is 2.31. The molecule has 19 heavy (non-hydrogen) atoms. The summed E-state index contributed by atoms with van der Waals surface area (Å²) >= 11 is 0. The molecule has 1 aliphatic rings. The first-order valence-electron chi connectivity index (χ1n) is 6.47. The van der Waals surface area contributed by atoms with Crippen LogP contribution in [-0.4, -0.2) is 32.9 Å². The number of fused-ring (bicyclic) bond motifs is 1. The van der Waals surface area contributed by atoms with Crippen molar-refractivity contribution in [1.82, 2.24) is 25.5 Å². The first-order valence-corrected chi connectivity index (χ1v) is 6.47. The van der Waals surface area contributed by atoms with E-state index < -0.39 is 0 Å². The van der Waals surface area contributed by atoms with E-state index in [2.05, 4.69) is 40.8 Å². The lowest BCUT2D eigenvalue weighted by Gasteiger charge is -2.12. The minimum absolute atomic E-state index is 0.0650. The number of nitrogens with zero attached hydrogens (tertiary/aromatic N) is 4. The molecule has 0 amide bonds. The summed E-state index contributed by atoms with van der Waals surface area (Å²) in [4.78, 5) is 0. The largest absolute Gasteiger partial charge is 0.491 e. The summed E-state index contributed by atoms with van der Waals surface area (Å²) in [5.41, 5.74) is 1.14. The molecule has 1 aromatic heterocycles. The van der Waals surface area contributed by atoms with Crippen LogP contribution < -0.4 is 10.1 Å². The van der Waals surface area contributed by atoms with E-state index in [1.165, 1.54) is 0 Å². The second-order valence-corrected chi connectivity index (χ2v) is 4.94. The monoisotopic (exact) mass is 259 g/mol. The predicted octanol–water partition coefficient (Wildman–Crippen LogP) is 1.15. The second kappa shape index (κ2) is 4.97. The average Bonchev–Trinajstić information content (AvgIpc) is 3.02. The van der Waals surface area contributed by atoms with Gasteiger partial charge < -0.3 is 10.1 Å². The zero-order chi connectivity index (χ0) is 13.2. The van der Waals surface area contributed by atoms with Crippen LogP contribution >= 0.6 is 0 Å². The standard InChI is InChI=1S/C13H17N5O/c1-9(2)14-7-13-15-16-17-18(13)11-8-19-12-6-4-3-5-10(11)12/h3-6,9,11,14H,7-8H2,1-2H3. The van der Waals surface area contributed by atoms with Gasteiger partial charge in [0.2, 0.25) is 0 Å². The molecule has 1 aliphatic heterocycles. The van der Waals surface area contributed by atoms with Gasteiger partial charge in [-0.15, -0.1) is 5.10 Å². The van der Waals surface area contributed by atoms with Crippen molar-refractivity contribution in [2.75, 3.05) is 6.61 Å². The van der Waals surface area contributed by atoms with E-state index in [0.717, 1.165) is 17.1 Å². The number of ether oxygens (including phenoxy) is 1. The Morgan fingerprint density at radius 1 is 1.42 bits per heavy atom. The molecule has 6 nitrogen and oxygen atoms in total. The lowest BCUT2D eigenvalue weighted by atomic mass is 10.1. The van der Waals surface area contributed by atoms with Gasteiger partial charge in [0.15, 0.2) is 5.82 Å². The van der Waals surface area contributed by atoms with E-state index in [-0.39, 0.29) is 6.04 Å². The molecular formula is C13H17N5O. The summed E-state index contributed by atoms with van der Waals surface area (Å²) in [7, 11) is 0. The van der Waals surface area contributed by atoms with Crippen LogP contribution in [0.3, 0.4) is 0 Å². The van der Waals surface area contributed by atoms with Crippen LogP contribution in [0.5, 0.6) is 5.75 Å². The third-order valence-corrected chi connectivity index (χ3v) is 3.20. The summed E-state index contributed by atoms with van der Waals surface area (Å²) in [6.45, 7) is 5.44. The number of hydrogen-bond donors (Lipinski definition) is 1. The molecule has 1 aromatic carbocycles. The summed E-state index contributed by atoms with van der Waals surface area (Å²) in [6, 6.07) is 8.49. The van der Waals surface area contributed by atoms with Crippen molar-refractivity contribution in [1.29, 1.82) is 0 Å². The van der Waals surface area contributed by atoms with E-state index in [1.807, 2.05) is 22.9 Å². The topological polar surface area (TPSA) is 64.9 Å². The smallest absolute Gasteiger partial charge is 0.165 e. The highest BCUT2D eigenvalue weighted by molar-refractivity contribution is 5.39. The van der Waals surface area contributed by atoms with Gasteiger partial charge in [-0.3, -0.25) is 0 Å². The molecule has 0 fully saturated rings. The number of nitrogens with one attached hydrogen (secondary N) is 1. The summed E-state index contributed by atoms with van der Waals surface area (Å²) in [6.07, 6.45) is 0. The first kappa shape index (κ1) is 12.1. The highest BCUT2D eigenvalue weighted by Crippen LogP contribution is 2.34. The van der Waals surface area contributed by atoms with E-state index in [9.17, 15) is 0 Å². The fraction of sp³-hybridized carbons (Fsp3) is 0.462. The van der Waals surface area contributed by atoms with Gasteiger partial charge in [-0.2, -0.15) is 0 Å². The third-order valence-electron chi connectivity index (χ3n) is 3.20. The molecule has 0 radical (unpaired) electrons. The summed E-state index contributed by atoms with van der Waals surface area (Å²) < 4.78 is 7.53. The molecule has 3 rings (SSSR count). The Morgan fingerprint density at radius 3 is 3.11 bits per heavy atom. The normalized spacial score (nSPS) is 17.5. The second-order valence-electron chi connectivity index (χ2n) is 4.94. The van der Waals surface area contributed by atoms with E-state index in [1.54, 1.807) is 0 Å². The Balaban J connectivity index is 1.86. The van der Waals surface area contributed by atoms with Crippen LogP contribution in [0.4, 0.5) is 0 Å². The Morgan fingerprint density at radius 2 is 2.26 bits per heavy atom. The fourth-order valence-electron chi connectivity index (χ4n) is 2.21. The van der Waals surface area contributed by atoms with Gasteiger partial charge in [-0.1, -0.05) is 32.0 Å². The molecule has 6 heteroatoms. The SMILES string of the molecule is CC(C)NCc1nnnn1C1COc2ccccc21. The summed E-state index contributed by atoms with van der Waals surface area (Å²) in [5.74, 6) is 1.75. The van der Waals surface area contributed by atoms with Crippen molar-refractivity contribution in [3.63, 3.8) is 0 Å². The zero-order valence-electron chi connectivity index (χ0n) is 11.1. The highest BCUT2D eigenvalue weighted by Gasteiger charge is 2.28. The van der Waals surface area contributed by atoms with Crippen molar-refractivity contribution in [3.05, 3.63) is 35.7 Å². The quantitative estimate of drug-likeness (QED) is 0.892. The molecule has 1 atom stereocenters. The lowest BCUT2D eigenvalue weighted by Crippen LogP contribution is -2.26. The highest BCUT2D eigenvalue weighted by atomic mass is 16.5. The fourth-order valence-corrected chi connectivity index (χ4v) is 2.21. The van der Waals surface area contributed by atoms with Gasteiger partial charge in [-0.25, -0.2) is 4.68 Å². The van der Waals surface area contributed by atoms with Crippen molar-refractivity contribution in [3.8, 4) is 5.75 Å². The zero-order valence-corrected chi connectivity index (χ0v) is 11.1. The number of rotatable bonds is 4. The van der Waals surface area contributed by atoms with Crippen molar-refractivity contribution in [2.45, 2.75) is 32.5 Å². The van der Waals surface area contributed by atoms with Crippen LogP contribution in [0.1, 0.15) is 31.3 Å². The van der Waals surface area contributed by atoms with Crippen LogP contribution in [0.15, 0.2) is 24.3 Å². The van der Waals surface area contributed by atoms with Crippen LogP contribution in [0.25, 0.3) is 0 Å². The Bertz CT molecular complexity index is 566. The molecule has 100 valence electrons. The van der Waals surface area contributed by atoms with Gasteiger partial charge in [0.1, 0.15) is 18.4 Å². The van der Waals surface area contributed by atoms with E-state index >= 15 is 0 Å². The molecule has 0 aliphatic carbocycles. The van der Waals surface area contributed by atoms with E-state index in [0.29, 0.717) is 19.2 Å². The van der Waals surface area contributed by atoms with Gasteiger partial charge in [0.25, 0.3) is 0 Å². The molecule has 0 saturated heterocycles. The molecule has 0 bridgehead atoms. The van der Waals surface area contributed by atoms with Crippen LogP contribution in [0, 0.1) is 0 Å². The lowest BCUT2D eigenvalue weighted by molar-refractivity contribution is 0.301. The van der Waals surface area contributed by atoms with Gasteiger partial charge in [0, 0.05) is 11.6 Å². The average molecular weight is 259 g/mol. The number of aromatic nitrogens is 4. The number of hydrogen-bond acceptors (Lipinski definition) is 5. The molecular weight excluding hydrogens is 242 g/mol. The van der Waals surface area contributed by atoms with Gasteiger partial charge in [-0.05, 0) is 16.5 Å². The van der Waals surface area contributed by atoms with Gasteiger partial charge in [0.05, 0.1) is 6.54 Å². The number of tetrazole rings is 1. The predicted molar refractivity (Wildman–Crippen MR) is 69.9 cm³/mol. The maximum atomic E-state index is 5.68. The molecule has 2 heterocycles. The Kier molecular flexibility index (Phi) is 3.16. The number of benzene rings is 1. The van der Waals surface area contributed by atoms with Gasteiger partial charge >= 0.3 is 0 Å². The molecule has 1 unspecified atom stereocenters. The van der Waals surface area contributed by atoms with E-state index in [4.69, 9.17) is 4.74 Å². The van der Waals surface area contributed by atoms with Crippen molar-refractivity contribution >= 4 is 0 Å². The molecule has 2 aromatic rings. The maximum absolute atomic E-state index is 5.68. The molecule has 1 N–H and O–H groups in total. The minimum atomic E-state index is 0.0650. The Labute approximate surface area is 111 Å². The Hall–Kier alpha value is -1.95.